The minimum absolute atomic E-state index is 0.122. The van der Waals surface area contributed by atoms with Gasteiger partial charge in [0.25, 0.3) is 17.5 Å². The van der Waals surface area contributed by atoms with Crippen molar-refractivity contribution in [3.8, 4) is 5.75 Å². The number of nitrogens with one attached hydrogen (secondary N) is 1. The number of hydrogen-bond donors (Lipinski definition) is 1. The fraction of sp³-hybridized carbons (Fsp3) is 0.320. The van der Waals surface area contributed by atoms with Crippen molar-refractivity contribution >= 4 is 63.3 Å². The van der Waals surface area contributed by atoms with Gasteiger partial charge in [-0.3, -0.25) is 24.6 Å². The van der Waals surface area contributed by atoms with Crippen LogP contribution >= 0.6 is 24.0 Å². The summed E-state index contributed by atoms with van der Waals surface area (Å²) >= 11 is 6.61. The predicted octanol–water partition coefficient (Wildman–Crippen LogP) is 5.07. The molecule has 3 rings (SSSR count). The highest BCUT2D eigenvalue weighted by Gasteiger charge is 2.31. The smallest absolute Gasteiger partial charge is 0.271 e. The van der Waals surface area contributed by atoms with Crippen molar-refractivity contribution in [3.05, 3.63) is 63.0 Å². The molecule has 1 saturated heterocycles. The lowest BCUT2D eigenvalue weighted by atomic mass is 10.1. The molecule has 11 heteroatoms. The maximum absolute atomic E-state index is 12.8. The second-order valence-corrected chi connectivity index (χ2v) is 9.55. The molecule has 1 aliphatic rings. The summed E-state index contributed by atoms with van der Waals surface area (Å²) in [5.74, 6) is -0.174. The number of carbonyl (C=O) groups excluding carboxylic acids is 2. The summed E-state index contributed by atoms with van der Waals surface area (Å²) in [7, 11) is 0. The molecule has 0 saturated carbocycles. The number of nitro groups is 1. The van der Waals surface area contributed by atoms with Crippen LogP contribution in [0, 0.1) is 10.1 Å². The van der Waals surface area contributed by atoms with Crippen molar-refractivity contribution in [3.63, 3.8) is 0 Å². The summed E-state index contributed by atoms with van der Waals surface area (Å²) in [6.45, 7) is 7.90. The summed E-state index contributed by atoms with van der Waals surface area (Å²) in [5, 5.41) is 13.6. The molecule has 9 nitrogen and oxygen atoms in total. The van der Waals surface area contributed by atoms with Gasteiger partial charge >= 0.3 is 0 Å². The van der Waals surface area contributed by atoms with Gasteiger partial charge < -0.3 is 15.0 Å². The summed E-state index contributed by atoms with van der Waals surface area (Å²) in [5.41, 5.74) is 1.74. The van der Waals surface area contributed by atoms with Crippen LogP contribution < -0.4 is 15.0 Å². The van der Waals surface area contributed by atoms with E-state index in [0.717, 1.165) is 25.2 Å². The molecular formula is C25H28N4O5S2. The first-order chi connectivity index (χ1) is 17.3. The molecule has 0 aliphatic carbocycles. The van der Waals surface area contributed by atoms with Crippen LogP contribution in [0.1, 0.15) is 32.8 Å². The predicted molar refractivity (Wildman–Crippen MR) is 147 cm³/mol. The van der Waals surface area contributed by atoms with E-state index >= 15 is 0 Å². The zero-order valence-corrected chi connectivity index (χ0v) is 22.0. The fourth-order valence-electron chi connectivity index (χ4n) is 3.65. The van der Waals surface area contributed by atoms with E-state index in [1.807, 2.05) is 39.0 Å². The highest BCUT2D eigenvalue weighted by molar-refractivity contribution is 8.26. The van der Waals surface area contributed by atoms with Crippen LogP contribution in [-0.2, 0) is 9.59 Å². The van der Waals surface area contributed by atoms with Gasteiger partial charge in [-0.15, -0.1) is 0 Å². The van der Waals surface area contributed by atoms with Gasteiger partial charge in [0.1, 0.15) is 10.1 Å². The van der Waals surface area contributed by atoms with Gasteiger partial charge in [-0.05, 0) is 44.5 Å². The van der Waals surface area contributed by atoms with Crippen molar-refractivity contribution < 1.29 is 19.2 Å². The lowest BCUT2D eigenvalue weighted by Gasteiger charge is -2.22. The van der Waals surface area contributed by atoms with Crippen LogP contribution in [-0.4, -0.2) is 52.2 Å². The van der Waals surface area contributed by atoms with Crippen LogP contribution in [0.25, 0.3) is 6.08 Å². The van der Waals surface area contributed by atoms with Gasteiger partial charge in [-0.2, -0.15) is 0 Å². The number of rotatable bonds is 11. The van der Waals surface area contributed by atoms with E-state index in [-0.39, 0.29) is 18.2 Å². The standard InChI is InChI=1S/C25H28N4O5S2/c1-4-12-28-24(31)22(36-25(28)35)13-17-10-11-19(27(5-2)6-3)15-21(17)34-16-23(30)26-18-8-7-9-20(14-18)29(32)33/h7-11,13-15H,4-6,12,16H2,1-3H3,(H,26,30)/b22-13-. The van der Waals surface area contributed by atoms with Crippen LogP contribution in [0.3, 0.4) is 0 Å². The first-order valence-electron chi connectivity index (χ1n) is 11.6. The molecule has 0 spiro atoms. The summed E-state index contributed by atoms with van der Waals surface area (Å²) in [6, 6.07) is 11.3. The first-order valence-corrected chi connectivity index (χ1v) is 12.8. The number of nitro benzene ring substituents is 1. The molecule has 1 N–H and O–H groups in total. The van der Waals surface area contributed by atoms with Crippen molar-refractivity contribution in [2.45, 2.75) is 27.2 Å². The van der Waals surface area contributed by atoms with Gasteiger partial charge in [0, 0.05) is 54.8 Å². The highest BCUT2D eigenvalue weighted by atomic mass is 32.2. The third-order valence-electron chi connectivity index (χ3n) is 5.43. The quantitative estimate of drug-likeness (QED) is 0.187. The Morgan fingerprint density at radius 3 is 2.64 bits per heavy atom. The molecule has 190 valence electrons. The molecule has 2 amide bonds. The summed E-state index contributed by atoms with van der Waals surface area (Å²) in [6.07, 6.45) is 2.53. The molecule has 2 aromatic carbocycles. The fourth-order valence-corrected chi connectivity index (χ4v) is 4.95. The second kappa shape index (κ2) is 12.5. The monoisotopic (exact) mass is 528 g/mol. The van der Waals surface area contributed by atoms with Gasteiger partial charge in [-0.1, -0.05) is 37.0 Å². The van der Waals surface area contributed by atoms with E-state index in [0.29, 0.717) is 32.8 Å². The van der Waals surface area contributed by atoms with Gasteiger partial charge in [0.2, 0.25) is 0 Å². The molecule has 2 aromatic rings. The zero-order chi connectivity index (χ0) is 26.2. The Kier molecular flexibility index (Phi) is 9.43. The van der Waals surface area contributed by atoms with Crippen molar-refractivity contribution in [1.82, 2.24) is 4.90 Å². The maximum Gasteiger partial charge on any atom is 0.271 e. The number of benzene rings is 2. The van der Waals surface area contributed by atoms with Gasteiger partial charge in [0.05, 0.1) is 9.83 Å². The topological polar surface area (TPSA) is 105 Å². The van der Waals surface area contributed by atoms with Gasteiger partial charge in [-0.25, -0.2) is 0 Å². The largest absolute Gasteiger partial charge is 0.483 e. The summed E-state index contributed by atoms with van der Waals surface area (Å²) in [4.78, 5) is 40.1. The Labute approximate surface area is 219 Å². The minimum Gasteiger partial charge on any atom is -0.483 e. The number of amides is 2. The second-order valence-electron chi connectivity index (χ2n) is 7.87. The van der Waals surface area contributed by atoms with E-state index in [1.54, 1.807) is 17.0 Å². The molecule has 0 radical (unpaired) electrons. The Morgan fingerprint density at radius 1 is 1.22 bits per heavy atom. The first kappa shape index (κ1) is 27.2. The minimum atomic E-state index is -0.527. The molecule has 0 atom stereocenters. The Bertz CT molecular complexity index is 1200. The number of carbonyl (C=O) groups is 2. The maximum atomic E-state index is 12.8. The molecule has 0 bridgehead atoms. The van der Waals surface area contributed by atoms with E-state index in [4.69, 9.17) is 17.0 Å². The van der Waals surface area contributed by atoms with Crippen molar-refractivity contribution in [1.29, 1.82) is 0 Å². The van der Waals surface area contributed by atoms with E-state index in [2.05, 4.69) is 10.2 Å². The van der Waals surface area contributed by atoms with Crippen molar-refractivity contribution in [2.24, 2.45) is 0 Å². The third kappa shape index (κ3) is 6.61. The average Bonchev–Trinajstić information content (AvgIpc) is 3.12. The zero-order valence-electron chi connectivity index (χ0n) is 20.4. The van der Waals surface area contributed by atoms with E-state index < -0.39 is 10.8 Å². The molecule has 36 heavy (non-hydrogen) atoms. The van der Waals surface area contributed by atoms with Crippen LogP contribution in [0.5, 0.6) is 5.75 Å². The van der Waals surface area contributed by atoms with Gasteiger partial charge in [0.15, 0.2) is 6.61 Å². The summed E-state index contributed by atoms with van der Waals surface area (Å²) < 4.78 is 6.41. The number of nitrogens with zero attached hydrogens (tertiary/aromatic N) is 3. The normalized spacial score (nSPS) is 14.3. The Morgan fingerprint density at radius 2 is 1.97 bits per heavy atom. The van der Waals surface area contributed by atoms with Crippen molar-refractivity contribution in [2.75, 3.05) is 36.5 Å². The molecule has 0 unspecified atom stereocenters. The van der Waals surface area contributed by atoms with Crippen LogP contribution in [0.15, 0.2) is 47.4 Å². The number of hydrogen-bond acceptors (Lipinski definition) is 8. The average molecular weight is 529 g/mol. The number of non-ortho nitro benzene ring substituents is 1. The Balaban J connectivity index is 1.83. The molecule has 0 aromatic heterocycles. The molecular weight excluding hydrogens is 500 g/mol. The lowest BCUT2D eigenvalue weighted by Crippen LogP contribution is -2.28. The number of thiocarbonyl (C=S) groups is 1. The van der Waals surface area contributed by atoms with Crippen LogP contribution in [0.2, 0.25) is 0 Å². The molecule has 1 fully saturated rings. The lowest BCUT2D eigenvalue weighted by molar-refractivity contribution is -0.384. The number of thioether (sulfide) groups is 1. The molecule has 1 aliphatic heterocycles. The van der Waals surface area contributed by atoms with E-state index in [9.17, 15) is 19.7 Å². The number of ether oxygens (including phenoxy) is 1. The van der Waals surface area contributed by atoms with E-state index in [1.165, 1.54) is 30.0 Å². The van der Waals surface area contributed by atoms with Crippen LogP contribution in [0.4, 0.5) is 17.1 Å². The Hall–Kier alpha value is -3.44. The molecule has 1 heterocycles. The highest BCUT2D eigenvalue weighted by Crippen LogP contribution is 2.35. The number of anilines is 2. The SMILES string of the molecule is CCCN1C(=O)/C(=C/c2ccc(N(CC)CC)cc2OCC(=O)Nc2cccc([N+](=O)[O-])c2)SC1=S. The third-order valence-corrected chi connectivity index (χ3v) is 6.81.